The Bertz CT molecular complexity index is 2370. The summed E-state index contributed by atoms with van der Waals surface area (Å²) in [5, 5.41) is 2.23. The largest absolute Gasteiger partial charge is 0.504 e. The fourth-order valence-electron chi connectivity index (χ4n) is 6.54. The van der Waals surface area contributed by atoms with Gasteiger partial charge in [0.15, 0.2) is 0 Å². The molecule has 0 amide bonds. The molecule has 8 rings (SSSR count). The Kier molecular flexibility index (Phi) is 8.26. The van der Waals surface area contributed by atoms with Crippen LogP contribution in [-0.2, 0) is 26.5 Å². The van der Waals surface area contributed by atoms with Crippen LogP contribution in [0, 0.1) is 25.4 Å². The number of anilines is 6. The Morgan fingerprint density at radius 3 is 2.29 bits per heavy atom. The number of hydrogen-bond acceptors (Lipinski definition) is 4. The van der Waals surface area contributed by atoms with Gasteiger partial charge in [-0.3, -0.25) is 4.85 Å². The molecule has 1 aliphatic rings. The summed E-state index contributed by atoms with van der Waals surface area (Å²) in [7, 11) is 2.03. The third-order valence-electron chi connectivity index (χ3n) is 8.93. The minimum absolute atomic E-state index is 0. The Balaban J connectivity index is 0.00000378. The van der Waals surface area contributed by atoms with Crippen LogP contribution in [0.1, 0.15) is 26.3 Å². The number of rotatable bonds is 5. The van der Waals surface area contributed by atoms with E-state index >= 15 is 0 Å². The van der Waals surface area contributed by atoms with Gasteiger partial charge in [0, 0.05) is 49.8 Å². The number of fused-ring (bicyclic) bond motifs is 4. The fourth-order valence-corrected chi connectivity index (χ4v) is 6.54. The molecule has 0 fully saturated rings. The maximum absolute atomic E-state index is 8.03. The molecule has 0 N–H and O–H groups in total. The molecule has 2 aromatic heterocycles. The number of nitrogens with zero attached hydrogens (tertiary/aromatic N) is 6. The summed E-state index contributed by atoms with van der Waals surface area (Å²) in [4.78, 5) is 15.1. The second-order valence-corrected chi connectivity index (χ2v) is 13.1. The van der Waals surface area contributed by atoms with Crippen molar-refractivity contribution in [2.24, 2.45) is 0 Å². The van der Waals surface area contributed by atoms with Crippen LogP contribution < -0.4 is 14.7 Å². The van der Waals surface area contributed by atoms with Gasteiger partial charge in [-0.05, 0) is 65.9 Å². The van der Waals surface area contributed by atoms with Gasteiger partial charge in [-0.1, -0.05) is 86.2 Å². The Morgan fingerprint density at radius 1 is 0.776 bits per heavy atom. The molecule has 3 heterocycles. The van der Waals surface area contributed by atoms with E-state index in [1.54, 1.807) is 0 Å². The van der Waals surface area contributed by atoms with E-state index in [0.29, 0.717) is 5.69 Å². The number of para-hydroxylation sites is 4. The maximum atomic E-state index is 8.03. The molecule has 0 atom stereocenters. The van der Waals surface area contributed by atoms with Crippen LogP contribution in [0.5, 0.6) is 0 Å². The molecule has 0 saturated carbocycles. The first kappa shape index (κ1) is 32.2. The Labute approximate surface area is 301 Å². The first-order valence-corrected chi connectivity index (χ1v) is 16.0. The molecule has 0 unspecified atom stereocenters. The number of hydrogen-bond donors (Lipinski definition) is 0. The standard InChI is InChI=1S/C42H33N6.Pt/c1-42(2,3)29-21-22-44-41(23-29)48-37-16-10-9-15-35(37)36-20-19-32(27-40(36)48)47(31-13-7-6-8-14-31)34-25-30(43-4)24-33(26-34)46-28-45(5)38-17-11-12-18-39(38)46;/h6-25,28H,1-3,5H3;/q-3;. The SMILES string of the molecule is [C-]#[N+]c1cc(N2[CH-]N(C)c3ccccc32)[c-]c(N(c2[c-]c3c(cc2)c2ccccc2n3-c2cc(C(C)(C)C)ccn2)c2ccccc2)c1.[Pt]. The van der Waals surface area contributed by atoms with Crippen LogP contribution in [0.3, 0.4) is 0 Å². The van der Waals surface area contributed by atoms with Gasteiger partial charge in [0.1, 0.15) is 5.82 Å². The molecule has 0 radical (unpaired) electrons. The summed E-state index contributed by atoms with van der Waals surface area (Å²) in [5.74, 6) is 0.851. The quantitative estimate of drug-likeness (QED) is 0.162. The van der Waals surface area contributed by atoms with Crippen molar-refractivity contribution in [3.63, 3.8) is 0 Å². The van der Waals surface area contributed by atoms with Crippen LogP contribution in [0.25, 0.3) is 32.5 Å². The van der Waals surface area contributed by atoms with E-state index in [4.69, 9.17) is 11.6 Å². The van der Waals surface area contributed by atoms with Crippen molar-refractivity contribution in [2.45, 2.75) is 26.2 Å². The molecule has 1 aliphatic heterocycles. The van der Waals surface area contributed by atoms with Gasteiger partial charge in [0.2, 0.25) is 0 Å². The number of benzene rings is 5. The minimum Gasteiger partial charge on any atom is -0.504 e. The topological polar surface area (TPSA) is 31.9 Å². The number of aromatic nitrogens is 2. The van der Waals surface area contributed by atoms with Crippen molar-refractivity contribution in [1.29, 1.82) is 0 Å². The van der Waals surface area contributed by atoms with Gasteiger partial charge in [-0.25, -0.2) is 4.98 Å². The zero-order valence-electron chi connectivity index (χ0n) is 27.6. The second kappa shape index (κ2) is 12.6. The Hall–Kier alpha value is -5.37. The van der Waals surface area contributed by atoms with Crippen molar-refractivity contribution in [1.82, 2.24) is 9.55 Å². The van der Waals surface area contributed by atoms with E-state index in [-0.39, 0.29) is 26.5 Å². The molecule has 0 saturated heterocycles. The average Bonchev–Trinajstić information content (AvgIpc) is 3.63. The molecule has 0 aliphatic carbocycles. The second-order valence-electron chi connectivity index (χ2n) is 13.1. The van der Waals surface area contributed by atoms with Crippen molar-refractivity contribution in [2.75, 3.05) is 21.7 Å². The van der Waals surface area contributed by atoms with Gasteiger partial charge in [0.05, 0.1) is 12.3 Å². The smallest absolute Gasteiger partial charge is 0.135 e. The third kappa shape index (κ3) is 5.65. The van der Waals surface area contributed by atoms with Crippen LogP contribution in [-0.4, -0.2) is 16.6 Å². The first-order valence-electron chi connectivity index (χ1n) is 16.0. The molecule has 6 nitrogen and oxygen atoms in total. The van der Waals surface area contributed by atoms with E-state index < -0.39 is 0 Å². The molecular weight excluding hydrogens is 784 g/mol. The van der Waals surface area contributed by atoms with Gasteiger partial charge in [-0.15, -0.1) is 41.4 Å². The van der Waals surface area contributed by atoms with Gasteiger partial charge in [0.25, 0.3) is 0 Å². The van der Waals surface area contributed by atoms with Gasteiger partial charge >= 0.3 is 0 Å². The predicted octanol–water partition coefficient (Wildman–Crippen LogP) is 10.8. The third-order valence-corrected chi connectivity index (χ3v) is 8.93. The van der Waals surface area contributed by atoms with E-state index in [2.05, 4.69) is 130 Å². The molecule has 0 spiro atoms. The average molecular weight is 817 g/mol. The van der Waals surface area contributed by atoms with Crippen LogP contribution in [0.4, 0.5) is 39.8 Å². The van der Waals surface area contributed by atoms with E-state index in [9.17, 15) is 0 Å². The molecule has 7 aromatic rings. The Morgan fingerprint density at radius 2 is 1.51 bits per heavy atom. The maximum Gasteiger partial charge on any atom is 0.135 e. The van der Waals surface area contributed by atoms with Crippen LogP contribution in [0.2, 0.25) is 0 Å². The summed E-state index contributed by atoms with van der Waals surface area (Å²) in [5.41, 5.74) is 9.15. The molecule has 0 bridgehead atoms. The summed E-state index contributed by atoms with van der Waals surface area (Å²) in [6.45, 7) is 16.7. The van der Waals surface area contributed by atoms with Crippen LogP contribution in [0.15, 0.2) is 121 Å². The molecule has 49 heavy (non-hydrogen) atoms. The van der Waals surface area contributed by atoms with E-state index in [1.807, 2.05) is 62.4 Å². The number of pyridine rings is 1. The van der Waals surface area contributed by atoms with Crippen LogP contribution >= 0.6 is 0 Å². The molecule has 244 valence electrons. The molecular formula is C42H33N6Pt-3. The zero-order valence-corrected chi connectivity index (χ0v) is 29.9. The summed E-state index contributed by atoms with van der Waals surface area (Å²) in [6.07, 6.45) is 1.90. The van der Waals surface area contributed by atoms with Gasteiger partial charge in [-0.2, -0.15) is 12.7 Å². The monoisotopic (exact) mass is 816 g/mol. The van der Waals surface area contributed by atoms with Crippen molar-refractivity contribution >= 4 is 61.6 Å². The summed E-state index contributed by atoms with van der Waals surface area (Å²) < 4.78 is 2.21. The zero-order chi connectivity index (χ0) is 33.0. The normalized spacial score (nSPS) is 12.6. The van der Waals surface area contributed by atoms with E-state index in [0.717, 1.165) is 61.7 Å². The van der Waals surface area contributed by atoms with Crippen molar-refractivity contribution in [3.05, 3.63) is 157 Å². The van der Waals surface area contributed by atoms with Crippen molar-refractivity contribution < 1.29 is 21.1 Å². The minimum atomic E-state index is -0.0288. The molecule has 7 heteroatoms. The van der Waals surface area contributed by atoms with Gasteiger partial charge < -0.3 is 19.3 Å². The predicted molar refractivity (Wildman–Crippen MR) is 197 cm³/mol. The summed E-state index contributed by atoms with van der Waals surface area (Å²) >= 11 is 0. The van der Waals surface area contributed by atoms with E-state index in [1.165, 1.54) is 5.56 Å². The summed E-state index contributed by atoms with van der Waals surface area (Å²) in [6, 6.07) is 46.7. The first-order chi connectivity index (χ1) is 23.3. The fraction of sp³-hybridized carbons (Fsp3) is 0.119. The molecule has 5 aromatic carbocycles. The van der Waals surface area contributed by atoms with Crippen molar-refractivity contribution in [3.8, 4) is 5.82 Å².